The molecule has 0 fully saturated rings. The van der Waals surface area contributed by atoms with Crippen molar-refractivity contribution in [3.8, 4) is 0 Å². The summed E-state index contributed by atoms with van der Waals surface area (Å²) < 4.78 is 26.0. The van der Waals surface area contributed by atoms with Gasteiger partial charge < -0.3 is 5.73 Å². The van der Waals surface area contributed by atoms with Crippen molar-refractivity contribution in [1.29, 1.82) is 0 Å². The van der Waals surface area contributed by atoms with Gasteiger partial charge in [0.1, 0.15) is 11.6 Å². The molecule has 0 unspecified atom stereocenters. The Kier molecular flexibility index (Phi) is 4.98. The number of hydrogen-bond donors (Lipinski definition) is 1. The molecule has 2 N–H and O–H groups in total. The lowest BCUT2D eigenvalue weighted by Crippen LogP contribution is -2.06. The molecular weight excluding hydrogens is 302 g/mol. The first-order chi connectivity index (χ1) is 9.54. The quantitative estimate of drug-likeness (QED) is 0.669. The minimum atomic E-state index is -0.503. The van der Waals surface area contributed by atoms with Gasteiger partial charge in [0, 0.05) is 5.75 Å². The predicted molar refractivity (Wildman–Crippen MR) is 80.4 cm³/mol. The molecule has 0 aliphatic heterocycles. The molecule has 2 rings (SSSR count). The normalized spacial score (nSPS) is 11.7. The highest BCUT2D eigenvalue weighted by molar-refractivity contribution is 8.13. The summed E-state index contributed by atoms with van der Waals surface area (Å²) in [5.41, 5.74) is 7.05. The molecule has 0 aliphatic rings. The molecule has 0 aliphatic carbocycles. The molecule has 0 amide bonds. The Morgan fingerprint density at radius 1 is 1.20 bits per heavy atom. The molecule has 0 spiro atoms. The smallest absolute Gasteiger partial charge is 0.159 e. The Bertz CT molecular complexity index is 647. The molecule has 2 nitrogen and oxygen atoms in total. The van der Waals surface area contributed by atoms with Crippen molar-refractivity contribution in [2.24, 2.45) is 10.7 Å². The van der Waals surface area contributed by atoms with Gasteiger partial charge in [-0.05, 0) is 35.9 Å². The van der Waals surface area contributed by atoms with Gasteiger partial charge in [0.25, 0.3) is 0 Å². The van der Waals surface area contributed by atoms with E-state index in [1.54, 1.807) is 12.1 Å². The number of rotatable bonds is 3. The van der Waals surface area contributed by atoms with Gasteiger partial charge in [-0.1, -0.05) is 35.5 Å². The molecule has 2 aromatic rings. The lowest BCUT2D eigenvalue weighted by molar-refractivity contribution is 0.626. The summed E-state index contributed by atoms with van der Waals surface area (Å²) >= 11 is 6.92. The summed E-state index contributed by atoms with van der Waals surface area (Å²) in [5.74, 6) is -0.289. The number of halogens is 3. The zero-order chi connectivity index (χ0) is 14.5. The average molecular weight is 313 g/mol. The lowest BCUT2D eigenvalue weighted by Gasteiger charge is -2.02. The van der Waals surface area contributed by atoms with Crippen LogP contribution in [-0.2, 0) is 5.75 Å². The fourth-order valence-corrected chi connectivity index (χ4v) is 2.34. The van der Waals surface area contributed by atoms with Gasteiger partial charge in [-0.3, -0.25) is 0 Å². The highest BCUT2D eigenvalue weighted by atomic mass is 35.5. The molecule has 0 radical (unpaired) electrons. The number of amidine groups is 1. The number of hydrogen-bond acceptors (Lipinski definition) is 2. The second-order valence-electron chi connectivity index (χ2n) is 3.97. The van der Waals surface area contributed by atoms with Crippen molar-refractivity contribution in [1.82, 2.24) is 0 Å². The first-order valence-electron chi connectivity index (χ1n) is 5.71. The summed E-state index contributed by atoms with van der Waals surface area (Å²) in [7, 11) is 0. The van der Waals surface area contributed by atoms with Crippen molar-refractivity contribution < 1.29 is 8.78 Å². The fraction of sp³-hybridized carbons (Fsp3) is 0.0714. The largest absolute Gasteiger partial charge is 0.378 e. The zero-order valence-corrected chi connectivity index (χ0v) is 11.9. The minimum absolute atomic E-state index is 0.00539. The van der Waals surface area contributed by atoms with Crippen LogP contribution in [0.3, 0.4) is 0 Å². The first kappa shape index (κ1) is 14.8. The fourth-order valence-electron chi connectivity index (χ4n) is 1.50. The first-order valence-corrected chi connectivity index (χ1v) is 7.07. The SMILES string of the molecule is NC(=Nc1ccc(F)c(Cl)c1)SCc1cccc(F)c1. The molecule has 0 saturated heterocycles. The van der Waals surface area contributed by atoms with Gasteiger partial charge in [0.05, 0.1) is 10.7 Å². The van der Waals surface area contributed by atoms with E-state index >= 15 is 0 Å². The third-order valence-electron chi connectivity index (χ3n) is 2.42. The Hall–Kier alpha value is -1.59. The van der Waals surface area contributed by atoms with Gasteiger partial charge in [0.15, 0.2) is 5.17 Å². The second-order valence-corrected chi connectivity index (χ2v) is 5.37. The van der Waals surface area contributed by atoms with Crippen LogP contribution in [0.2, 0.25) is 5.02 Å². The van der Waals surface area contributed by atoms with E-state index in [4.69, 9.17) is 17.3 Å². The van der Waals surface area contributed by atoms with E-state index in [-0.39, 0.29) is 10.8 Å². The third kappa shape index (κ3) is 4.21. The molecule has 0 atom stereocenters. The van der Waals surface area contributed by atoms with Crippen LogP contribution in [0, 0.1) is 11.6 Å². The maximum absolute atomic E-state index is 13.0. The maximum Gasteiger partial charge on any atom is 0.159 e. The molecule has 0 aromatic heterocycles. The van der Waals surface area contributed by atoms with Crippen LogP contribution in [0.25, 0.3) is 0 Å². The van der Waals surface area contributed by atoms with Crippen molar-refractivity contribution in [3.63, 3.8) is 0 Å². The number of aliphatic imine (C=N–C) groups is 1. The molecule has 0 bridgehead atoms. The summed E-state index contributed by atoms with van der Waals surface area (Å²) in [6.07, 6.45) is 0. The molecule has 2 aromatic carbocycles. The third-order valence-corrected chi connectivity index (χ3v) is 3.57. The minimum Gasteiger partial charge on any atom is -0.378 e. The van der Waals surface area contributed by atoms with E-state index in [1.165, 1.54) is 42.1 Å². The molecule has 0 saturated carbocycles. The van der Waals surface area contributed by atoms with Crippen LogP contribution in [0.4, 0.5) is 14.5 Å². The highest BCUT2D eigenvalue weighted by Gasteiger charge is 2.02. The van der Waals surface area contributed by atoms with E-state index in [2.05, 4.69) is 4.99 Å². The van der Waals surface area contributed by atoms with Crippen molar-refractivity contribution in [2.45, 2.75) is 5.75 Å². The Morgan fingerprint density at radius 3 is 2.70 bits per heavy atom. The van der Waals surface area contributed by atoms with E-state index in [1.807, 2.05) is 0 Å². The van der Waals surface area contributed by atoms with E-state index < -0.39 is 5.82 Å². The Morgan fingerprint density at radius 2 is 2.00 bits per heavy atom. The van der Waals surface area contributed by atoms with Gasteiger partial charge in [-0.15, -0.1) is 0 Å². The highest BCUT2D eigenvalue weighted by Crippen LogP contribution is 2.23. The van der Waals surface area contributed by atoms with Crippen molar-refractivity contribution in [3.05, 3.63) is 64.7 Å². The van der Waals surface area contributed by atoms with Crippen LogP contribution in [0.5, 0.6) is 0 Å². The Labute approximate surface area is 124 Å². The van der Waals surface area contributed by atoms with Crippen LogP contribution in [-0.4, -0.2) is 5.17 Å². The van der Waals surface area contributed by atoms with Gasteiger partial charge in [-0.2, -0.15) is 0 Å². The second kappa shape index (κ2) is 6.72. The van der Waals surface area contributed by atoms with Crippen LogP contribution in [0.1, 0.15) is 5.56 Å². The molecule has 20 heavy (non-hydrogen) atoms. The number of nitrogens with zero attached hydrogens (tertiary/aromatic N) is 1. The van der Waals surface area contributed by atoms with E-state index in [9.17, 15) is 8.78 Å². The standard InChI is InChI=1S/C14H11ClF2N2S/c15-12-7-11(4-5-13(12)17)19-14(18)20-8-9-2-1-3-10(16)6-9/h1-7H,8H2,(H2,18,19). The molecule has 104 valence electrons. The van der Waals surface area contributed by atoms with Gasteiger partial charge >= 0.3 is 0 Å². The lowest BCUT2D eigenvalue weighted by atomic mass is 10.2. The monoisotopic (exact) mass is 312 g/mol. The molecule has 0 heterocycles. The molecular formula is C14H11ClF2N2S. The predicted octanol–water partition coefficient (Wildman–Crippen LogP) is 4.50. The van der Waals surface area contributed by atoms with E-state index in [0.717, 1.165) is 5.56 Å². The van der Waals surface area contributed by atoms with Crippen LogP contribution in [0.15, 0.2) is 47.5 Å². The van der Waals surface area contributed by atoms with Crippen LogP contribution < -0.4 is 5.73 Å². The number of benzene rings is 2. The maximum atomic E-state index is 13.0. The van der Waals surface area contributed by atoms with Crippen molar-refractivity contribution in [2.75, 3.05) is 0 Å². The topological polar surface area (TPSA) is 38.4 Å². The van der Waals surface area contributed by atoms with Crippen LogP contribution >= 0.6 is 23.4 Å². The Balaban J connectivity index is 2.02. The van der Waals surface area contributed by atoms with Gasteiger partial charge in [0.2, 0.25) is 0 Å². The average Bonchev–Trinajstić information content (AvgIpc) is 2.41. The van der Waals surface area contributed by atoms with Gasteiger partial charge in [-0.25, -0.2) is 13.8 Å². The number of nitrogens with two attached hydrogens (primary N) is 1. The summed E-state index contributed by atoms with van der Waals surface area (Å²) in [5, 5.41) is 0.297. The summed E-state index contributed by atoms with van der Waals surface area (Å²) in [6.45, 7) is 0. The number of thioether (sulfide) groups is 1. The molecule has 6 heteroatoms. The summed E-state index contributed by atoms with van der Waals surface area (Å²) in [4.78, 5) is 4.11. The van der Waals surface area contributed by atoms with E-state index in [0.29, 0.717) is 16.6 Å². The zero-order valence-electron chi connectivity index (χ0n) is 10.3. The summed E-state index contributed by atoms with van der Waals surface area (Å²) in [6, 6.07) is 10.4. The van der Waals surface area contributed by atoms with Crippen molar-refractivity contribution >= 4 is 34.2 Å².